The predicted octanol–water partition coefficient (Wildman–Crippen LogP) is 4.80. The Morgan fingerprint density at radius 1 is 1.06 bits per heavy atom. The van der Waals surface area contributed by atoms with Gasteiger partial charge < -0.3 is 4.74 Å². The highest BCUT2D eigenvalue weighted by atomic mass is 32.2. The van der Waals surface area contributed by atoms with E-state index in [4.69, 9.17) is 9.72 Å². The highest BCUT2D eigenvalue weighted by molar-refractivity contribution is 7.91. The fourth-order valence-corrected chi connectivity index (χ4v) is 5.93. The van der Waals surface area contributed by atoms with Gasteiger partial charge in [-0.3, -0.25) is 14.7 Å². The second-order valence-corrected chi connectivity index (χ2v) is 10.9. The molecule has 0 radical (unpaired) electrons. The molecule has 176 valence electrons. The third kappa shape index (κ3) is 5.43. The number of fused-ring (bicyclic) bond motifs is 1. The highest BCUT2D eigenvalue weighted by Crippen LogP contribution is 2.32. The third-order valence-corrected chi connectivity index (χ3v) is 8.27. The Morgan fingerprint density at radius 3 is 2.53 bits per heavy atom. The molecule has 1 amide bonds. The van der Waals surface area contributed by atoms with Gasteiger partial charge in [-0.15, -0.1) is 0 Å². The molecule has 0 aliphatic heterocycles. The SMILES string of the molecule is COc1ccc(S(=O)(=O)CCCC(=O)N(Cc2ccccn2)c2nc3c(C)cccc3s2)cc1. The van der Waals surface area contributed by atoms with Crippen LogP contribution in [0.2, 0.25) is 0 Å². The van der Waals surface area contributed by atoms with Gasteiger partial charge in [-0.05, 0) is 61.4 Å². The number of thiazole rings is 1. The van der Waals surface area contributed by atoms with Crippen LogP contribution < -0.4 is 9.64 Å². The molecule has 0 spiro atoms. The van der Waals surface area contributed by atoms with E-state index >= 15 is 0 Å². The number of aromatic nitrogens is 2. The fraction of sp³-hybridized carbons (Fsp3) is 0.240. The average molecular weight is 496 g/mol. The summed E-state index contributed by atoms with van der Waals surface area (Å²) >= 11 is 1.44. The third-order valence-electron chi connectivity index (χ3n) is 5.41. The summed E-state index contributed by atoms with van der Waals surface area (Å²) in [6, 6.07) is 17.7. The summed E-state index contributed by atoms with van der Waals surface area (Å²) in [5.74, 6) is 0.277. The number of carbonyl (C=O) groups is 1. The molecule has 0 atom stereocenters. The van der Waals surface area contributed by atoms with Gasteiger partial charge in [0.25, 0.3) is 0 Å². The topological polar surface area (TPSA) is 89.5 Å². The number of carbonyl (C=O) groups excluding carboxylic acids is 1. The largest absolute Gasteiger partial charge is 0.497 e. The Labute approximate surface area is 203 Å². The molecule has 34 heavy (non-hydrogen) atoms. The van der Waals surface area contributed by atoms with Gasteiger partial charge in [0.1, 0.15) is 5.75 Å². The first-order valence-corrected chi connectivity index (χ1v) is 13.3. The van der Waals surface area contributed by atoms with Crippen LogP contribution >= 0.6 is 11.3 Å². The maximum absolute atomic E-state index is 13.3. The molecular formula is C25H25N3O4S2. The lowest BCUT2D eigenvalue weighted by Gasteiger charge is -2.19. The summed E-state index contributed by atoms with van der Waals surface area (Å²) in [5, 5.41) is 0.581. The van der Waals surface area contributed by atoms with Crippen LogP contribution in [0.25, 0.3) is 10.2 Å². The number of benzene rings is 2. The lowest BCUT2D eigenvalue weighted by Crippen LogP contribution is -2.30. The lowest BCUT2D eigenvalue weighted by molar-refractivity contribution is -0.118. The van der Waals surface area contributed by atoms with Crippen molar-refractivity contribution < 1.29 is 17.9 Å². The van der Waals surface area contributed by atoms with E-state index in [1.165, 1.54) is 30.6 Å². The minimum Gasteiger partial charge on any atom is -0.497 e. The van der Waals surface area contributed by atoms with Crippen molar-refractivity contribution in [2.24, 2.45) is 0 Å². The van der Waals surface area contributed by atoms with E-state index in [9.17, 15) is 13.2 Å². The van der Waals surface area contributed by atoms with Gasteiger partial charge in [0.2, 0.25) is 5.91 Å². The molecule has 2 aromatic carbocycles. The summed E-state index contributed by atoms with van der Waals surface area (Å²) in [7, 11) is -1.98. The molecule has 4 rings (SSSR count). The molecule has 0 aliphatic carbocycles. The first-order valence-electron chi connectivity index (χ1n) is 10.8. The van der Waals surface area contributed by atoms with Crippen molar-refractivity contribution in [3.05, 3.63) is 78.1 Å². The van der Waals surface area contributed by atoms with E-state index in [1.54, 1.807) is 23.2 Å². The number of ether oxygens (including phenoxy) is 1. The first-order chi connectivity index (χ1) is 16.4. The number of amides is 1. The van der Waals surface area contributed by atoms with Gasteiger partial charge >= 0.3 is 0 Å². The van der Waals surface area contributed by atoms with E-state index in [0.717, 1.165) is 21.5 Å². The Morgan fingerprint density at radius 2 is 1.85 bits per heavy atom. The van der Waals surface area contributed by atoms with Crippen LogP contribution in [0.1, 0.15) is 24.1 Å². The summed E-state index contributed by atoms with van der Waals surface area (Å²) in [4.78, 5) is 24.2. The molecule has 0 saturated heterocycles. The first kappa shape index (κ1) is 23.8. The van der Waals surface area contributed by atoms with Crippen LogP contribution in [0.5, 0.6) is 5.75 Å². The number of hydrogen-bond acceptors (Lipinski definition) is 7. The zero-order valence-corrected chi connectivity index (χ0v) is 20.6. The van der Waals surface area contributed by atoms with Gasteiger partial charge in [-0.2, -0.15) is 0 Å². The van der Waals surface area contributed by atoms with Crippen molar-refractivity contribution >= 4 is 42.4 Å². The minimum absolute atomic E-state index is 0.0805. The second kappa shape index (κ2) is 10.3. The maximum Gasteiger partial charge on any atom is 0.229 e. The van der Waals surface area contributed by atoms with Gasteiger partial charge in [-0.1, -0.05) is 29.5 Å². The van der Waals surface area contributed by atoms with Crippen LogP contribution in [0.4, 0.5) is 5.13 Å². The zero-order valence-electron chi connectivity index (χ0n) is 19.0. The van der Waals surface area contributed by atoms with Crippen LogP contribution in [0.3, 0.4) is 0 Å². The molecule has 0 fully saturated rings. The van der Waals surface area contributed by atoms with Crippen LogP contribution in [0, 0.1) is 6.92 Å². The average Bonchev–Trinajstić information content (AvgIpc) is 3.28. The van der Waals surface area contributed by atoms with E-state index in [1.807, 2.05) is 43.3 Å². The van der Waals surface area contributed by atoms with E-state index in [2.05, 4.69) is 4.98 Å². The second-order valence-electron chi connectivity index (χ2n) is 7.82. The summed E-state index contributed by atoms with van der Waals surface area (Å²) in [6.45, 7) is 2.25. The van der Waals surface area contributed by atoms with E-state index in [0.29, 0.717) is 10.9 Å². The molecule has 2 aromatic heterocycles. The van der Waals surface area contributed by atoms with Gasteiger partial charge in [0, 0.05) is 12.6 Å². The van der Waals surface area contributed by atoms with Crippen molar-refractivity contribution in [2.75, 3.05) is 17.8 Å². The summed E-state index contributed by atoms with van der Waals surface area (Å²) < 4.78 is 31.5. The van der Waals surface area contributed by atoms with E-state index in [-0.39, 0.29) is 35.9 Å². The number of sulfone groups is 1. The number of methoxy groups -OCH3 is 1. The smallest absolute Gasteiger partial charge is 0.229 e. The van der Waals surface area contributed by atoms with Crippen molar-refractivity contribution in [1.82, 2.24) is 9.97 Å². The predicted molar refractivity (Wildman–Crippen MR) is 134 cm³/mol. The molecule has 0 aliphatic rings. The Hall–Kier alpha value is -3.30. The molecule has 0 unspecified atom stereocenters. The number of rotatable bonds is 9. The van der Waals surface area contributed by atoms with Crippen molar-refractivity contribution in [2.45, 2.75) is 31.2 Å². The Balaban J connectivity index is 1.51. The molecule has 0 N–H and O–H groups in total. The van der Waals surface area contributed by atoms with Crippen LogP contribution in [0.15, 0.2) is 71.8 Å². The maximum atomic E-state index is 13.3. The van der Waals surface area contributed by atoms with Gasteiger partial charge in [0.15, 0.2) is 15.0 Å². The molecule has 9 heteroatoms. The highest BCUT2D eigenvalue weighted by Gasteiger charge is 2.22. The molecule has 0 bridgehead atoms. The number of para-hydroxylation sites is 1. The normalized spacial score (nSPS) is 11.5. The van der Waals surface area contributed by atoms with Gasteiger partial charge in [0.05, 0.1) is 40.2 Å². The minimum atomic E-state index is -3.51. The van der Waals surface area contributed by atoms with Crippen molar-refractivity contribution in [1.29, 1.82) is 0 Å². The lowest BCUT2D eigenvalue weighted by atomic mass is 10.2. The number of pyridine rings is 1. The Bertz CT molecular complexity index is 1380. The Kier molecular flexibility index (Phi) is 7.23. The number of aryl methyl sites for hydroxylation is 1. The summed E-state index contributed by atoms with van der Waals surface area (Å²) in [6.07, 6.45) is 1.97. The molecule has 0 saturated carbocycles. The fourth-order valence-electron chi connectivity index (χ4n) is 3.56. The molecule has 7 nitrogen and oxygen atoms in total. The van der Waals surface area contributed by atoms with Gasteiger partial charge in [-0.25, -0.2) is 13.4 Å². The summed E-state index contributed by atoms with van der Waals surface area (Å²) in [5.41, 5.74) is 2.64. The zero-order chi connectivity index (χ0) is 24.1. The quantitative estimate of drug-likeness (QED) is 0.332. The number of nitrogens with zero attached hydrogens (tertiary/aromatic N) is 3. The number of anilines is 1. The molecule has 4 aromatic rings. The van der Waals surface area contributed by atoms with Crippen LogP contribution in [-0.2, 0) is 21.2 Å². The van der Waals surface area contributed by atoms with Crippen LogP contribution in [-0.4, -0.2) is 37.2 Å². The monoisotopic (exact) mass is 495 g/mol. The standard InChI is InChI=1S/C25H25N3O4S2/c1-18-7-5-9-22-24(18)27-25(33-22)28(17-19-8-3-4-15-26-19)23(29)10-6-16-34(30,31)21-13-11-20(32-2)12-14-21/h3-5,7-9,11-15H,6,10,16-17H2,1-2H3. The molecular weight excluding hydrogens is 470 g/mol. The van der Waals surface area contributed by atoms with Crippen molar-refractivity contribution in [3.8, 4) is 5.75 Å². The molecule has 2 heterocycles. The van der Waals surface area contributed by atoms with Crippen molar-refractivity contribution in [3.63, 3.8) is 0 Å². The number of hydrogen-bond donors (Lipinski definition) is 0. The van der Waals surface area contributed by atoms with E-state index < -0.39 is 9.84 Å².